The van der Waals surface area contributed by atoms with Crippen molar-refractivity contribution in [2.45, 2.75) is 39.0 Å². The Kier molecular flexibility index (Phi) is 5.45. The van der Waals surface area contributed by atoms with Crippen LogP contribution in [0.25, 0.3) is 0 Å². The summed E-state index contributed by atoms with van der Waals surface area (Å²) in [5.74, 6) is -0.437. The van der Waals surface area contributed by atoms with Crippen molar-refractivity contribution in [2.75, 3.05) is 18.0 Å². The molecular weight excluding hydrogens is 338 g/mol. The number of piperidine rings is 1. The Labute approximate surface area is 161 Å². The molecule has 2 N–H and O–H groups in total. The van der Waals surface area contributed by atoms with Crippen molar-refractivity contribution in [3.8, 4) is 5.75 Å². The fourth-order valence-electron chi connectivity index (χ4n) is 4.15. The topological polar surface area (TPSA) is 60.8 Å². The molecule has 1 aliphatic rings. The zero-order valence-electron chi connectivity index (χ0n) is 16.4. The number of benzene rings is 2. The van der Waals surface area contributed by atoms with Crippen molar-refractivity contribution in [1.29, 1.82) is 0 Å². The number of phenolic OH excluding ortho intramolecular Hbond substituents is 1. The molecule has 0 radical (unpaired) electrons. The number of carboxylic acid groups (broad SMARTS) is 1. The van der Waals surface area contributed by atoms with E-state index in [0.29, 0.717) is 18.1 Å². The maximum absolute atomic E-state index is 11.3. The smallest absolute Gasteiger partial charge is 0.306 e. The molecule has 0 aromatic heterocycles. The van der Waals surface area contributed by atoms with E-state index in [1.54, 1.807) is 13.0 Å². The summed E-state index contributed by atoms with van der Waals surface area (Å²) in [7, 11) is 0. The molecule has 27 heavy (non-hydrogen) atoms. The third-order valence-corrected chi connectivity index (χ3v) is 6.27. The van der Waals surface area contributed by atoms with Crippen LogP contribution in [0.4, 0.5) is 5.69 Å². The largest absolute Gasteiger partial charge is 0.508 e. The lowest BCUT2D eigenvalue weighted by molar-refractivity contribution is -0.141. The summed E-state index contributed by atoms with van der Waals surface area (Å²) in [5, 5.41) is 19.2. The molecule has 0 saturated carbocycles. The predicted molar refractivity (Wildman–Crippen MR) is 108 cm³/mol. The highest BCUT2D eigenvalue weighted by Crippen LogP contribution is 2.42. The van der Waals surface area contributed by atoms with Gasteiger partial charge in [0.25, 0.3) is 0 Å². The molecule has 1 fully saturated rings. The molecule has 3 rings (SSSR count). The second kappa shape index (κ2) is 7.63. The molecule has 1 aliphatic heterocycles. The fourth-order valence-corrected chi connectivity index (χ4v) is 4.15. The van der Waals surface area contributed by atoms with Crippen LogP contribution in [-0.2, 0) is 16.6 Å². The highest BCUT2D eigenvalue weighted by atomic mass is 16.4. The monoisotopic (exact) mass is 367 g/mol. The lowest BCUT2D eigenvalue weighted by atomic mass is 9.68. The van der Waals surface area contributed by atoms with E-state index in [1.807, 2.05) is 30.3 Å². The maximum Gasteiger partial charge on any atom is 0.306 e. The molecule has 3 atom stereocenters. The molecule has 0 aliphatic carbocycles. The summed E-state index contributed by atoms with van der Waals surface area (Å²) in [6.45, 7) is 8.12. The third-order valence-electron chi connectivity index (χ3n) is 6.27. The molecule has 1 saturated heterocycles. The number of hydrogen-bond acceptors (Lipinski definition) is 3. The number of phenols is 1. The van der Waals surface area contributed by atoms with Crippen LogP contribution in [0.5, 0.6) is 5.75 Å². The number of aliphatic carboxylic acids is 1. The van der Waals surface area contributed by atoms with Gasteiger partial charge in [-0.3, -0.25) is 4.79 Å². The number of carbonyl (C=O) groups is 1. The Hall–Kier alpha value is -2.49. The van der Waals surface area contributed by atoms with E-state index >= 15 is 0 Å². The summed E-state index contributed by atoms with van der Waals surface area (Å²) < 4.78 is 0. The van der Waals surface area contributed by atoms with E-state index < -0.39 is 11.9 Å². The van der Waals surface area contributed by atoms with Crippen molar-refractivity contribution in [2.24, 2.45) is 11.8 Å². The third kappa shape index (κ3) is 3.95. The van der Waals surface area contributed by atoms with Gasteiger partial charge in [-0.25, -0.2) is 0 Å². The van der Waals surface area contributed by atoms with Crippen LogP contribution in [0, 0.1) is 11.8 Å². The van der Waals surface area contributed by atoms with Gasteiger partial charge in [0.1, 0.15) is 5.75 Å². The van der Waals surface area contributed by atoms with Crippen molar-refractivity contribution < 1.29 is 15.0 Å². The highest BCUT2D eigenvalue weighted by molar-refractivity contribution is 5.70. The average molecular weight is 367 g/mol. The molecule has 1 unspecified atom stereocenters. The zero-order valence-corrected chi connectivity index (χ0v) is 16.4. The van der Waals surface area contributed by atoms with Crippen LogP contribution in [-0.4, -0.2) is 29.3 Å². The van der Waals surface area contributed by atoms with Gasteiger partial charge in [-0.1, -0.05) is 51.1 Å². The Morgan fingerprint density at radius 2 is 2.00 bits per heavy atom. The molecule has 144 valence electrons. The number of hydrogen-bond donors (Lipinski definition) is 2. The average Bonchev–Trinajstić information content (AvgIpc) is 2.64. The minimum Gasteiger partial charge on any atom is -0.508 e. The van der Waals surface area contributed by atoms with E-state index in [2.05, 4.69) is 30.9 Å². The Bertz CT molecular complexity index is 819. The Morgan fingerprint density at radius 1 is 1.26 bits per heavy atom. The van der Waals surface area contributed by atoms with Crippen LogP contribution >= 0.6 is 0 Å². The first-order valence-electron chi connectivity index (χ1n) is 9.66. The Morgan fingerprint density at radius 3 is 2.67 bits per heavy atom. The first-order chi connectivity index (χ1) is 12.8. The van der Waals surface area contributed by atoms with Gasteiger partial charge in [-0.15, -0.1) is 0 Å². The lowest BCUT2D eigenvalue weighted by Crippen LogP contribution is -2.47. The number of anilines is 1. The number of para-hydroxylation sites is 1. The summed E-state index contributed by atoms with van der Waals surface area (Å²) in [5.41, 5.74) is 3.44. The van der Waals surface area contributed by atoms with Crippen LogP contribution in [0.2, 0.25) is 0 Å². The van der Waals surface area contributed by atoms with E-state index in [1.165, 1.54) is 5.56 Å². The van der Waals surface area contributed by atoms with Gasteiger partial charge in [-0.05, 0) is 53.5 Å². The van der Waals surface area contributed by atoms with Crippen molar-refractivity contribution >= 4 is 11.7 Å². The molecule has 4 nitrogen and oxygen atoms in total. The quantitative estimate of drug-likeness (QED) is 0.819. The second-order valence-corrected chi connectivity index (χ2v) is 8.14. The molecule has 1 heterocycles. The standard InChI is InChI=1S/C23H29NO3/c1-16(22(26)27)13-18-7-4-5-10-21(18)24-12-11-23(3,17(2)15-24)19-8-6-9-20(25)14-19/h4-10,14,16-17,25H,11-13,15H2,1-3H3,(H,26,27)/t16?,17-,23+/m0/s1. The van der Waals surface area contributed by atoms with Gasteiger partial charge in [-0.2, -0.15) is 0 Å². The number of aromatic hydroxyl groups is 1. The van der Waals surface area contributed by atoms with Crippen LogP contribution in [0.15, 0.2) is 48.5 Å². The maximum atomic E-state index is 11.3. The van der Waals surface area contributed by atoms with Gasteiger partial charge in [0, 0.05) is 18.8 Å². The molecule has 0 amide bonds. The second-order valence-electron chi connectivity index (χ2n) is 8.14. The van der Waals surface area contributed by atoms with E-state index in [4.69, 9.17) is 0 Å². The normalized spacial score (nSPS) is 23.8. The number of carboxylic acids is 1. The van der Waals surface area contributed by atoms with Gasteiger partial charge < -0.3 is 15.1 Å². The zero-order chi connectivity index (χ0) is 19.6. The number of rotatable bonds is 5. The lowest BCUT2D eigenvalue weighted by Gasteiger charge is -2.46. The van der Waals surface area contributed by atoms with E-state index in [9.17, 15) is 15.0 Å². The molecule has 2 aromatic carbocycles. The van der Waals surface area contributed by atoms with E-state index in [-0.39, 0.29) is 5.41 Å². The van der Waals surface area contributed by atoms with Crippen LogP contribution in [0.1, 0.15) is 38.3 Å². The first-order valence-corrected chi connectivity index (χ1v) is 9.66. The SMILES string of the molecule is CC(Cc1ccccc1N1CC[C@@](C)(c2cccc(O)c2)[C@@H](C)C1)C(=O)O. The predicted octanol–water partition coefficient (Wildman–Crippen LogP) is 4.46. The summed E-state index contributed by atoms with van der Waals surface area (Å²) in [6, 6.07) is 15.8. The Balaban J connectivity index is 1.82. The summed E-state index contributed by atoms with van der Waals surface area (Å²) in [6.07, 6.45) is 1.53. The van der Waals surface area contributed by atoms with Crippen LogP contribution in [0.3, 0.4) is 0 Å². The fraction of sp³-hybridized carbons (Fsp3) is 0.435. The van der Waals surface area contributed by atoms with Crippen LogP contribution < -0.4 is 4.90 Å². The molecule has 0 bridgehead atoms. The summed E-state index contributed by atoms with van der Waals surface area (Å²) >= 11 is 0. The highest BCUT2D eigenvalue weighted by Gasteiger charge is 2.38. The molecular formula is C23H29NO3. The van der Waals surface area contributed by atoms with Crippen molar-refractivity contribution in [3.05, 3.63) is 59.7 Å². The first kappa shape index (κ1) is 19.3. The summed E-state index contributed by atoms with van der Waals surface area (Å²) in [4.78, 5) is 13.7. The minimum absolute atomic E-state index is 0.0124. The van der Waals surface area contributed by atoms with Gasteiger partial charge in [0.15, 0.2) is 0 Å². The van der Waals surface area contributed by atoms with E-state index in [0.717, 1.165) is 30.8 Å². The van der Waals surface area contributed by atoms with Gasteiger partial charge in [0.2, 0.25) is 0 Å². The van der Waals surface area contributed by atoms with Gasteiger partial charge >= 0.3 is 5.97 Å². The molecule has 0 spiro atoms. The minimum atomic E-state index is -0.756. The van der Waals surface area contributed by atoms with Crippen molar-refractivity contribution in [3.63, 3.8) is 0 Å². The van der Waals surface area contributed by atoms with Gasteiger partial charge in [0.05, 0.1) is 5.92 Å². The van der Waals surface area contributed by atoms with Crippen molar-refractivity contribution in [1.82, 2.24) is 0 Å². The molecule has 4 heteroatoms. The number of nitrogens with zero attached hydrogens (tertiary/aromatic N) is 1. The molecule has 2 aromatic rings.